The van der Waals surface area contributed by atoms with E-state index in [1.165, 1.54) is 6.08 Å². The average Bonchev–Trinajstić information content (AvgIpc) is 2.74. The van der Waals surface area contributed by atoms with E-state index < -0.39 is 0 Å². The number of ketones is 1. The van der Waals surface area contributed by atoms with E-state index in [0.29, 0.717) is 17.9 Å². The summed E-state index contributed by atoms with van der Waals surface area (Å²) in [4.78, 5) is 11.5. The fraction of sp³-hybridized carbons (Fsp3) is 0.308. The number of carbonyl (C=O) groups excluding carboxylic acids is 1. The largest absolute Gasteiger partial charge is 0.454 e. The molecule has 0 aromatic heterocycles. The fourth-order valence-electron chi connectivity index (χ4n) is 2.25. The highest BCUT2D eigenvalue weighted by Gasteiger charge is 2.23. The van der Waals surface area contributed by atoms with Crippen molar-refractivity contribution in [3.63, 3.8) is 0 Å². The first-order valence-corrected chi connectivity index (χ1v) is 5.88. The monoisotopic (exact) mass is 250 g/mol. The van der Waals surface area contributed by atoms with Crippen molar-refractivity contribution >= 4 is 17.4 Å². The first kappa shape index (κ1) is 10.7. The fourth-order valence-corrected chi connectivity index (χ4v) is 2.55. The second kappa shape index (κ2) is 4.08. The zero-order chi connectivity index (χ0) is 11.8. The Labute approximate surface area is 104 Å². The summed E-state index contributed by atoms with van der Waals surface area (Å²) in [6, 6.07) is 5.80. The van der Waals surface area contributed by atoms with Gasteiger partial charge in [0.05, 0.1) is 0 Å². The molecule has 3 nitrogen and oxygen atoms in total. The summed E-state index contributed by atoms with van der Waals surface area (Å²) in [6.45, 7) is 0.267. The number of hydrogen-bond acceptors (Lipinski definition) is 3. The predicted octanol–water partition coefficient (Wildman–Crippen LogP) is 2.98. The van der Waals surface area contributed by atoms with E-state index >= 15 is 0 Å². The van der Waals surface area contributed by atoms with Crippen LogP contribution in [0.3, 0.4) is 0 Å². The molecule has 4 heteroatoms. The van der Waals surface area contributed by atoms with E-state index in [-0.39, 0.29) is 18.5 Å². The maximum Gasteiger partial charge on any atom is 0.231 e. The minimum Gasteiger partial charge on any atom is -0.454 e. The van der Waals surface area contributed by atoms with Crippen LogP contribution in [-0.2, 0) is 4.79 Å². The SMILES string of the molecule is O=C1C=C(Cl)C[C@@H](c2ccc3c(c2)OCO3)C1. The number of benzene rings is 1. The van der Waals surface area contributed by atoms with Crippen molar-refractivity contribution in [1.29, 1.82) is 0 Å². The molecule has 0 spiro atoms. The second-order valence-corrected chi connectivity index (χ2v) is 4.76. The van der Waals surface area contributed by atoms with Gasteiger partial charge in [-0.1, -0.05) is 17.7 Å². The zero-order valence-corrected chi connectivity index (χ0v) is 9.87. The van der Waals surface area contributed by atoms with E-state index in [1.54, 1.807) is 0 Å². The van der Waals surface area contributed by atoms with Crippen LogP contribution in [0.25, 0.3) is 0 Å². The molecule has 2 aliphatic rings. The minimum atomic E-state index is 0.0870. The van der Waals surface area contributed by atoms with Crippen molar-refractivity contribution in [3.05, 3.63) is 34.9 Å². The van der Waals surface area contributed by atoms with Crippen molar-refractivity contribution in [2.24, 2.45) is 0 Å². The first-order valence-electron chi connectivity index (χ1n) is 5.51. The first-order chi connectivity index (χ1) is 8.22. The van der Waals surface area contributed by atoms with Gasteiger partial charge in [-0.05, 0) is 36.1 Å². The standard InChI is InChI=1S/C13H11ClO3/c14-10-3-9(4-11(15)6-10)8-1-2-12-13(5-8)17-7-16-12/h1-2,5-6,9H,3-4,7H2/t9-/m1/s1. The molecular formula is C13H11ClO3. The molecule has 1 atom stereocenters. The Balaban J connectivity index is 1.90. The molecule has 0 saturated heterocycles. The lowest BCUT2D eigenvalue weighted by atomic mass is 9.87. The number of fused-ring (bicyclic) bond motifs is 1. The Morgan fingerprint density at radius 3 is 2.82 bits per heavy atom. The van der Waals surface area contributed by atoms with Crippen LogP contribution in [0.4, 0.5) is 0 Å². The Morgan fingerprint density at radius 2 is 2.00 bits per heavy atom. The maximum absolute atomic E-state index is 11.5. The molecule has 0 N–H and O–H groups in total. The van der Waals surface area contributed by atoms with Gasteiger partial charge in [0.2, 0.25) is 6.79 Å². The van der Waals surface area contributed by atoms with Crippen LogP contribution in [0, 0.1) is 0 Å². The lowest BCUT2D eigenvalue weighted by Crippen LogP contribution is -2.10. The molecule has 1 aromatic rings. The van der Waals surface area contributed by atoms with Crippen LogP contribution < -0.4 is 9.47 Å². The van der Waals surface area contributed by atoms with Gasteiger partial charge in [-0.3, -0.25) is 4.79 Å². The minimum absolute atomic E-state index is 0.0870. The third-order valence-corrected chi connectivity index (χ3v) is 3.34. The summed E-state index contributed by atoms with van der Waals surface area (Å²) in [5.74, 6) is 1.75. The third-order valence-electron chi connectivity index (χ3n) is 3.07. The second-order valence-electron chi connectivity index (χ2n) is 4.28. The molecule has 1 aliphatic heterocycles. The average molecular weight is 251 g/mol. The van der Waals surface area contributed by atoms with Gasteiger partial charge in [0, 0.05) is 11.5 Å². The number of ether oxygens (including phenoxy) is 2. The van der Waals surface area contributed by atoms with Crippen molar-refractivity contribution in [3.8, 4) is 11.5 Å². The molecular weight excluding hydrogens is 240 g/mol. The summed E-state index contributed by atoms with van der Waals surface area (Å²) in [5, 5.41) is 0.629. The molecule has 0 bridgehead atoms. The van der Waals surface area contributed by atoms with Crippen LogP contribution in [-0.4, -0.2) is 12.6 Å². The van der Waals surface area contributed by atoms with E-state index in [4.69, 9.17) is 21.1 Å². The van der Waals surface area contributed by atoms with Crippen LogP contribution in [0.1, 0.15) is 24.3 Å². The van der Waals surface area contributed by atoms with Gasteiger partial charge in [0.1, 0.15) is 0 Å². The number of allylic oxidation sites excluding steroid dienone is 2. The van der Waals surface area contributed by atoms with Gasteiger partial charge in [-0.2, -0.15) is 0 Å². The highest BCUT2D eigenvalue weighted by molar-refractivity contribution is 6.31. The van der Waals surface area contributed by atoms with Crippen molar-refractivity contribution in [2.45, 2.75) is 18.8 Å². The van der Waals surface area contributed by atoms with E-state index in [0.717, 1.165) is 17.1 Å². The topological polar surface area (TPSA) is 35.5 Å². The Hall–Kier alpha value is -1.48. The van der Waals surface area contributed by atoms with Gasteiger partial charge in [0.25, 0.3) is 0 Å². The summed E-state index contributed by atoms with van der Waals surface area (Å²) < 4.78 is 10.6. The van der Waals surface area contributed by atoms with E-state index in [1.807, 2.05) is 18.2 Å². The molecule has 0 radical (unpaired) electrons. The van der Waals surface area contributed by atoms with Crippen LogP contribution in [0.15, 0.2) is 29.3 Å². The Morgan fingerprint density at radius 1 is 1.18 bits per heavy atom. The van der Waals surface area contributed by atoms with Crippen LogP contribution in [0.2, 0.25) is 0 Å². The number of carbonyl (C=O) groups is 1. The molecule has 1 aliphatic carbocycles. The van der Waals surface area contributed by atoms with Crippen molar-refractivity contribution in [2.75, 3.05) is 6.79 Å². The third kappa shape index (κ3) is 2.03. The van der Waals surface area contributed by atoms with Gasteiger partial charge in [-0.15, -0.1) is 0 Å². The van der Waals surface area contributed by atoms with Crippen molar-refractivity contribution < 1.29 is 14.3 Å². The zero-order valence-electron chi connectivity index (χ0n) is 9.11. The normalized spacial score (nSPS) is 22.5. The van der Waals surface area contributed by atoms with Gasteiger partial charge in [-0.25, -0.2) is 0 Å². The van der Waals surface area contributed by atoms with Gasteiger partial charge in [0.15, 0.2) is 17.3 Å². The highest BCUT2D eigenvalue weighted by atomic mass is 35.5. The van der Waals surface area contributed by atoms with Crippen LogP contribution >= 0.6 is 11.6 Å². The predicted molar refractivity (Wildman–Crippen MR) is 63.5 cm³/mol. The molecule has 0 unspecified atom stereocenters. The van der Waals surface area contributed by atoms with E-state index in [9.17, 15) is 4.79 Å². The molecule has 1 heterocycles. The summed E-state index contributed by atoms with van der Waals surface area (Å²) in [5.41, 5.74) is 1.08. The lowest BCUT2D eigenvalue weighted by molar-refractivity contribution is -0.115. The number of rotatable bonds is 1. The van der Waals surface area contributed by atoms with E-state index in [2.05, 4.69) is 0 Å². The lowest BCUT2D eigenvalue weighted by Gasteiger charge is -2.19. The van der Waals surface area contributed by atoms with Gasteiger partial charge >= 0.3 is 0 Å². The molecule has 0 saturated carbocycles. The number of halogens is 1. The Bertz CT molecular complexity index is 507. The molecule has 0 amide bonds. The highest BCUT2D eigenvalue weighted by Crippen LogP contribution is 2.39. The summed E-state index contributed by atoms with van der Waals surface area (Å²) >= 11 is 5.96. The Kier molecular flexibility index (Phi) is 2.56. The molecule has 17 heavy (non-hydrogen) atoms. The quantitative estimate of drug-likeness (QED) is 0.769. The number of hydrogen-bond donors (Lipinski definition) is 0. The molecule has 1 aromatic carbocycles. The van der Waals surface area contributed by atoms with Crippen LogP contribution in [0.5, 0.6) is 11.5 Å². The smallest absolute Gasteiger partial charge is 0.231 e. The van der Waals surface area contributed by atoms with Crippen molar-refractivity contribution in [1.82, 2.24) is 0 Å². The summed E-state index contributed by atoms with van der Waals surface area (Å²) in [7, 11) is 0. The maximum atomic E-state index is 11.5. The van der Waals surface area contributed by atoms with Gasteiger partial charge < -0.3 is 9.47 Å². The summed E-state index contributed by atoms with van der Waals surface area (Å²) in [6.07, 6.45) is 2.74. The molecule has 0 fully saturated rings. The molecule has 88 valence electrons. The molecule has 3 rings (SSSR count).